The van der Waals surface area contributed by atoms with Gasteiger partial charge in [0.2, 0.25) is 5.91 Å². The minimum atomic E-state index is -0.588. The maximum atomic E-state index is 13.4. The molecule has 2 amide bonds. The number of nitrogens with zero attached hydrogens (tertiary/aromatic N) is 2. The lowest BCUT2D eigenvalue weighted by molar-refractivity contribution is -0.124. The van der Waals surface area contributed by atoms with Gasteiger partial charge >= 0.3 is 0 Å². The van der Waals surface area contributed by atoms with Crippen molar-refractivity contribution in [3.8, 4) is 0 Å². The zero-order chi connectivity index (χ0) is 18.0. The van der Waals surface area contributed by atoms with E-state index in [0.29, 0.717) is 13.1 Å². The molecule has 0 spiro atoms. The molecule has 0 N–H and O–H groups in total. The van der Waals surface area contributed by atoms with Crippen LogP contribution in [0.4, 0.5) is 10.1 Å². The van der Waals surface area contributed by atoms with Crippen LogP contribution < -0.4 is 4.90 Å². The normalized spacial score (nSPS) is 17.7. The van der Waals surface area contributed by atoms with Gasteiger partial charge in [-0.05, 0) is 49.2 Å². The van der Waals surface area contributed by atoms with Crippen LogP contribution in [0.5, 0.6) is 0 Å². The van der Waals surface area contributed by atoms with E-state index in [1.807, 2.05) is 24.3 Å². The summed E-state index contributed by atoms with van der Waals surface area (Å²) in [5.41, 5.74) is 2.32. The number of piperazine rings is 1. The van der Waals surface area contributed by atoms with Gasteiger partial charge in [0.15, 0.2) is 0 Å². The summed E-state index contributed by atoms with van der Waals surface area (Å²) in [6.45, 7) is 4.64. The van der Waals surface area contributed by atoms with Crippen molar-refractivity contribution in [1.29, 1.82) is 0 Å². The second kappa shape index (κ2) is 7.05. The Bertz CT molecular complexity index is 789. The third-order valence-electron chi connectivity index (χ3n) is 4.64. The molecule has 0 saturated carbocycles. The third kappa shape index (κ3) is 3.40. The van der Waals surface area contributed by atoms with Gasteiger partial charge < -0.3 is 9.80 Å². The number of hydrogen-bond acceptors (Lipinski definition) is 2. The molecule has 1 atom stereocenters. The molecule has 2 aromatic carbocycles. The van der Waals surface area contributed by atoms with Crippen molar-refractivity contribution in [2.24, 2.45) is 0 Å². The van der Waals surface area contributed by atoms with Crippen LogP contribution in [0.15, 0.2) is 48.5 Å². The minimum Gasteiger partial charge on any atom is -0.325 e. The number of amides is 2. The molecule has 0 aliphatic carbocycles. The molecule has 1 aliphatic rings. The predicted molar refractivity (Wildman–Crippen MR) is 95.1 cm³/mol. The molecule has 1 heterocycles. The number of carbonyl (C=O) groups is 2. The summed E-state index contributed by atoms with van der Waals surface area (Å²) < 4.78 is 13.4. The first-order valence-corrected chi connectivity index (χ1v) is 8.48. The van der Waals surface area contributed by atoms with Gasteiger partial charge in [0.05, 0.1) is 0 Å². The molecule has 1 fully saturated rings. The quantitative estimate of drug-likeness (QED) is 0.860. The van der Waals surface area contributed by atoms with Gasteiger partial charge in [-0.25, -0.2) is 4.39 Å². The molecule has 2 aromatic rings. The lowest BCUT2D eigenvalue weighted by Gasteiger charge is -2.39. The molecular weight excluding hydrogens is 319 g/mol. The summed E-state index contributed by atoms with van der Waals surface area (Å²) in [6, 6.07) is 12.9. The second-order valence-corrected chi connectivity index (χ2v) is 6.19. The Morgan fingerprint density at radius 2 is 1.88 bits per heavy atom. The smallest absolute Gasteiger partial charge is 0.254 e. The Hall–Kier alpha value is -2.69. The second-order valence-electron chi connectivity index (χ2n) is 6.19. The first kappa shape index (κ1) is 17.1. The zero-order valence-electron chi connectivity index (χ0n) is 14.4. The van der Waals surface area contributed by atoms with Gasteiger partial charge in [-0.3, -0.25) is 9.59 Å². The highest BCUT2D eigenvalue weighted by molar-refractivity contribution is 6.03. The van der Waals surface area contributed by atoms with Crippen LogP contribution in [-0.2, 0) is 11.2 Å². The lowest BCUT2D eigenvalue weighted by atomic mass is 10.1. The largest absolute Gasteiger partial charge is 0.325 e. The Labute approximate surface area is 146 Å². The predicted octanol–water partition coefficient (Wildman–Crippen LogP) is 3.27. The van der Waals surface area contributed by atoms with Gasteiger partial charge in [0, 0.05) is 24.3 Å². The summed E-state index contributed by atoms with van der Waals surface area (Å²) in [4.78, 5) is 28.6. The molecule has 4 nitrogen and oxygen atoms in total. The first-order valence-electron chi connectivity index (χ1n) is 8.48. The first-order chi connectivity index (χ1) is 12.0. The number of hydrogen-bond donors (Lipinski definition) is 0. The number of benzene rings is 2. The number of rotatable bonds is 3. The van der Waals surface area contributed by atoms with Crippen LogP contribution in [-0.4, -0.2) is 35.8 Å². The monoisotopic (exact) mass is 340 g/mol. The van der Waals surface area contributed by atoms with Crippen molar-refractivity contribution in [3.05, 3.63) is 65.5 Å². The maximum absolute atomic E-state index is 13.4. The Morgan fingerprint density at radius 1 is 1.16 bits per heavy atom. The van der Waals surface area contributed by atoms with Gasteiger partial charge in [0.1, 0.15) is 11.9 Å². The molecular formula is C20H21FN2O2. The van der Waals surface area contributed by atoms with Gasteiger partial charge in [-0.2, -0.15) is 0 Å². The summed E-state index contributed by atoms with van der Waals surface area (Å²) in [7, 11) is 0. The number of halogens is 1. The Balaban J connectivity index is 1.77. The Kier molecular flexibility index (Phi) is 4.83. The summed E-state index contributed by atoms with van der Waals surface area (Å²) in [5, 5.41) is 0. The highest BCUT2D eigenvalue weighted by Crippen LogP contribution is 2.22. The molecule has 0 radical (unpaired) electrons. The van der Waals surface area contributed by atoms with Gasteiger partial charge in [-0.15, -0.1) is 0 Å². The average Bonchev–Trinajstić information content (AvgIpc) is 2.63. The van der Waals surface area contributed by atoms with Crippen LogP contribution in [0.3, 0.4) is 0 Å². The number of anilines is 1. The molecule has 3 rings (SSSR count). The van der Waals surface area contributed by atoms with Crippen LogP contribution in [0.25, 0.3) is 0 Å². The van der Waals surface area contributed by atoms with E-state index in [1.54, 1.807) is 17.9 Å². The van der Waals surface area contributed by atoms with Gasteiger partial charge in [0.25, 0.3) is 5.91 Å². The zero-order valence-corrected chi connectivity index (χ0v) is 14.4. The molecule has 130 valence electrons. The molecule has 1 unspecified atom stereocenters. The van der Waals surface area contributed by atoms with Crippen LogP contribution in [0.1, 0.15) is 29.8 Å². The minimum absolute atomic E-state index is 0.125. The van der Waals surface area contributed by atoms with E-state index in [2.05, 4.69) is 6.92 Å². The summed E-state index contributed by atoms with van der Waals surface area (Å²) in [6.07, 6.45) is 0.945. The SMILES string of the molecule is CCc1ccc(N2CCN(C(=O)c3cccc(F)c3)C(C)C2=O)cc1. The fraction of sp³-hybridized carbons (Fsp3) is 0.300. The van der Waals surface area contributed by atoms with Crippen molar-refractivity contribution >= 4 is 17.5 Å². The maximum Gasteiger partial charge on any atom is 0.254 e. The standard InChI is InChI=1S/C20H21FN2O2/c1-3-15-7-9-18(10-8-15)23-12-11-22(14(2)19(23)24)20(25)16-5-4-6-17(21)13-16/h4-10,13-14H,3,11-12H2,1-2H3. The van der Waals surface area contributed by atoms with E-state index in [4.69, 9.17) is 0 Å². The summed E-state index contributed by atoms with van der Waals surface area (Å²) in [5.74, 6) is -0.902. The van der Waals surface area contributed by atoms with E-state index in [9.17, 15) is 14.0 Å². The number of carbonyl (C=O) groups excluding carboxylic acids is 2. The molecule has 0 aromatic heterocycles. The lowest BCUT2D eigenvalue weighted by Crippen LogP contribution is -2.57. The molecule has 0 bridgehead atoms. The topological polar surface area (TPSA) is 40.6 Å². The Morgan fingerprint density at radius 3 is 2.52 bits per heavy atom. The van der Waals surface area contributed by atoms with E-state index >= 15 is 0 Å². The van der Waals surface area contributed by atoms with Crippen molar-refractivity contribution < 1.29 is 14.0 Å². The van der Waals surface area contributed by atoms with Crippen molar-refractivity contribution in [2.75, 3.05) is 18.0 Å². The van der Waals surface area contributed by atoms with E-state index in [-0.39, 0.29) is 17.4 Å². The molecule has 5 heteroatoms. The fourth-order valence-corrected chi connectivity index (χ4v) is 3.10. The average molecular weight is 340 g/mol. The highest BCUT2D eigenvalue weighted by Gasteiger charge is 2.35. The van der Waals surface area contributed by atoms with E-state index < -0.39 is 11.9 Å². The highest BCUT2D eigenvalue weighted by atomic mass is 19.1. The van der Waals surface area contributed by atoms with Crippen LogP contribution in [0, 0.1) is 5.82 Å². The van der Waals surface area contributed by atoms with Crippen LogP contribution >= 0.6 is 0 Å². The van der Waals surface area contributed by atoms with Crippen molar-refractivity contribution in [2.45, 2.75) is 26.3 Å². The van der Waals surface area contributed by atoms with Crippen molar-refractivity contribution in [3.63, 3.8) is 0 Å². The van der Waals surface area contributed by atoms with E-state index in [0.717, 1.165) is 12.1 Å². The molecule has 1 aliphatic heterocycles. The molecule has 25 heavy (non-hydrogen) atoms. The summed E-state index contributed by atoms with van der Waals surface area (Å²) >= 11 is 0. The fourth-order valence-electron chi connectivity index (χ4n) is 3.10. The number of aryl methyl sites for hydroxylation is 1. The van der Waals surface area contributed by atoms with Crippen molar-refractivity contribution in [1.82, 2.24) is 4.90 Å². The van der Waals surface area contributed by atoms with Gasteiger partial charge in [-0.1, -0.05) is 25.1 Å². The third-order valence-corrected chi connectivity index (χ3v) is 4.64. The molecule has 1 saturated heterocycles. The van der Waals surface area contributed by atoms with Crippen LogP contribution in [0.2, 0.25) is 0 Å². The van der Waals surface area contributed by atoms with E-state index in [1.165, 1.54) is 28.7 Å².